The number of carbonyl (C=O) groups excluding carboxylic acids is 1. The molecule has 2 aromatic carbocycles. The van der Waals surface area contributed by atoms with E-state index in [1.807, 2.05) is 31.2 Å². The summed E-state index contributed by atoms with van der Waals surface area (Å²) in [6.45, 7) is 4.22. The number of anilines is 1. The van der Waals surface area contributed by atoms with Crippen LogP contribution in [0.25, 0.3) is 5.65 Å². The van der Waals surface area contributed by atoms with E-state index in [0.717, 1.165) is 16.0 Å². The van der Waals surface area contributed by atoms with Gasteiger partial charge in [-0.2, -0.15) is 0 Å². The van der Waals surface area contributed by atoms with E-state index in [4.69, 9.17) is 4.74 Å². The fraction of sp³-hybridized carbons (Fsp3) is 0.217. The maximum atomic E-state index is 12.8. The average molecular weight is 450 g/mol. The van der Waals surface area contributed by atoms with Crippen LogP contribution in [0.3, 0.4) is 0 Å². The molecule has 1 N–H and O–H groups in total. The first kappa shape index (κ1) is 21.6. The molecule has 32 heavy (non-hydrogen) atoms. The van der Waals surface area contributed by atoms with Gasteiger partial charge in [0.15, 0.2) is 5.65 Å². The molecule has 0 aliphatic rings. The van der Waals surface area contributed by atoms with Gasteiger partial charge in [0.25, 0.3) is 0 Å². The summed E-state index contributed by atoms with van der Waals surface area (Å²) in [6.07, 6.45) is 4.01. The zero-order valence-corrected chi connectivity index (χ0v) is 18.6. The number of hydrogen-bond donors (Lipinski definition) is 1. The number of nitrogens with zero attached hydrogens (tertiary/aromatic N) is 4. The van der Waals surface area contributed by atoms with Crippen molar-refractivity contribution in [3.8, 4) is 5.75 Å². The number of para-hydroxylation sites is 2. The Bertz CT molecular complexity index is 1310. The summed E-state index contributed by atoms with van der Waals surface area (Å²) in [5.41, 5.74) is 1.75. The van der Waals surface area contributed by atoms with Crippen molar-refractivity contribution >= 4 is 29.0 Å². The zero-order chi connectivity index (χ0) is 22.5. The van der Waals surface area contributed by atoms with Crippen molar-refractivity contribution in [1.82, 2.24) is 19.2 Å². The monoisotopic (exact) mass is 449 g/mol. The second-order valence-electron chi connectivity index (χ2n) is 6.91. The van der Waals surface area contributed by atoms with Crippen molar-refractivity contribution in [3.05, 3.63) is 77.0 Å². The van der Waals surface area contributed by atoms with Gasteiger partial charge in [0.1, 0.15) is 17.3 Å². The van der Waals surface area contributed by atoms with Crippen molar-refractivity contribution in [1.29, 1.82) is 0 Å². The first-order valence-corrected chi connectivity index (χ1v) is 11.1. The van der Waals surface area contributed by atoms with E-state index in [1.54, 1.807) is 30.6 Å². The number of aromatic nitrogens is 4. The molecule has 0 aliphatic heterocycles. The summed E-state index contributed by atoms with van der Waals surface area (Å²) >= 11 is 1.46. The molecule has 164 valence electrons. The number of fused-ring (bicyclic) bond motifs is 1. The molecule has 0 bridgehead atoms. The van der Waals surface area contributed by atoms with Crippen LogP contribution >= 0.6 is 11.8 Å². The number of nitrogens with one attached hydrogen (secondary N) is 1. The van der Waals surface area contributed by atoms with Crippen LogP contribution in [0.4, 0.5) is 5.69 Å². The standard InChI is InChI=1S/C23H23N5O3S/c1-3-16-9-5-8-12-19(16)32-22-21-26-28(23(30)27(21)14-13-24-22)15-20(29)25-17-10-6-7-11-18(17)31-4-2/h5-14H,3-4,15H2,1-2H3,(H,25,29). The number of aryl methyl sites for hydroxylation is 1. The first-order valence-electron chi connectivity index (χ1n) is 10.3. The van der Waals surface area contributed by atoms with Gasteiger partial charge >= 0.3 is 5.69 Å². The van der Waals surface area contributed by atoms with E-state index in [9.17, 15) is 9.59 Å². The first-order chi connectivity index (χ1) is 15.6. The van der Waals surface area contributed by atoms with Crippen LogP contribution in [0.5, 0.6) is 5.75 Å². The van der Waals surface area contributed by atoms with Crippen molar-refractivity contribution in [2.75, 3.05) is 11.9 Å². The van der Waals surface area contributed by atoms with E-state index < -0.39 is 5.69 Å². The third-order valence-corrected chi connectivity index (χ3v) is 5.88. The van der Waals surface area contributed by atoms with Gasteiger partial charge in [0.2, 0.25) is 5.91 Å². The number of amides is 1. The highest BCUT2D eigenvalue weighted by molar-refractivity contribution is 7.99. The molecule has 0 atom stereocenters. The molecular formula is C23H23N5O3S. The number of rotatable bonds is 8. The Kier molecular flexibility index (Phi) is 6.55. The van der Waals surface area contributed by atoms with E-state index in [0.29, 0.717) is 28.7 Å². The number of benzene rings is 2. The Labute approximate surface area is 189 Å². The molecule has 0 fully saturated rings. The maximum Gasteiger partial charge on any atom is 0.350 e. The minimum atomic E-state index is -0.402. The van der Waals surface area contributed by atoms with Crippen LogP contribution in [0.2, 0.25) is 0 Å². The average Bonchev–Trinajstić information content (AvgIpc) is 3.12. The van der Waals surface area contributed by atoms with Crippen LogP contribution in [0, 0.1) is 0 Å². The van der Waals surface area contributed by atoms with E-state index in [2.05, 4.69) is 28.4 Å². The third kappa shape index (κ3) is 4.52. The lowest BCUT2D eigenvalue weighted by molar-refractivity contribution is -0.117. The fourth-order valence-corrected chi connectivity index (χ4v) is 4.32. The molecule has 0 spiro atoms. The molecule has 1 amide bonds. The van der Waals surface area contributed by atoms with Gasteiger partial charge in [0, 0.05) is 17.3 Å². The number of carbonyl (C=O) groups is 1. The van der Waals surface area contributed by atoms with E-state index in [-0.39, 0.29) is 12.5 Å². The quantitative estimate of drug-likeness (QED) is 0.442. The van der Waals surface area contributed by atoms with Crippen LogP contribution in [-0.4, -0.2) is 31.7 Å². The van der Waals surface area contributed by atoms with E-state index >= 15 is 0 Å². The Balaban J connectivity index is 1.59. The summed E-state index contributed by atoms with van der Waals surface area (Å²) in [7, 11) is 0. The number of ether oxygens (including phenoxy) is 1. The molecular weight excluding hydrogens is 426 g/mol. The predicted octanol–water partition coefficient (Wildman–Crippen LogP) is 3.64. The molecule has 0 saturated heterocycles. The van der Waals surface area contributed by atoms with Crippen molar-refractivity contribution in [2.24, 2.45) is 0 Å². The molecule has 0 saturated carbocycles. The zero-order valence-electron chi connectivity index (χ0n) is 17.8. The Morgan fingerprint density at radius 1 is 1.12 bits per heavy atom. The minimum Gasteiger partial charge on any atom is -0.492 e. The van der Waals surface area contributed by atoms with Crippen molar-refractivity contribution in [2.45, 2.75) is 36.7 Å². The summed E-state index contributed by atoms with van der Waals surface area (Å²) < 4.78 is 8.09. The largest absolute Gasteiger partial charge is 0.492 e. The van der Waals surface area contributed by atoms with Gasteiger partial charge < -0.3 is 10.1 Å². The SMILES string of the molecule is CCOc1ccccc1NC(=O)Cn1nc2c(Sc3ccccc3CC)nccn2c1=O. The predicted molar refractivity (Wildman–Crippen MR) is 123 cm³/mol. The second kappa shape index (κ2) is 9.69. The van der Waals surface area contributed by atoms with Crippen molar-refractivity contribution in [3.63, 3.8) is 0 Å². The van der Waals surface area contributed by atoms with Crippen molar-refractivity contribution < 1.29 is 9.53 Å². The Morgan fingerprint density at radius 3 is 2.72 bits per heavy atom. The van der Waals surface area contributed by atoms with Gasteiger partial charge in [-0.1, -0.05) is 49.0 Å². The second-order valence-corrected chi connectivity index (χ2v) is 7.94. The molecule has 4 aromatic rings. The normalized spacial score (nSPS) is 10.9. The Morgan fingerprint density at radius 2 is 1.91 bits per heavy atom. The summed E-state index contributed by atoms with van der Waals surface area (Å²) in [4.78, 5) is 30.9. The molecule has 2 aromatic heterocycles. The summed E-state index contributed by atoms with van der Waals surface area (Å²) in [5, 5.41) is 7.79. The third-order valence-electron chi connectivity index (χ3n) is 4.78. The highest BCUT2D eigenvalue weighted by Crippen LogP contribution is 2.31. The number of hydrogen-bond acceptors (Lipinski definition) is 6. The van der Waals surface area contributed by atoms with Gasteiger partial charge in [0.05, 0.1) is 12.3 Å². The minimum absolute atomic E-state index is 0.226. The van der Waals surface area contributed by atoms with E-state index in [1.165, 1.54) is 21.7 Å². The smallest absolute Gasteiger partial charge is 0.350 e. The van der Waals surface area contributed by atoms with Crippen LogP contribution in [0.15, 0.2) is 75.6 Å². The lowest BCUT2D eigenvalue weighted by Crippen LogP contribution is -2.28. The van der Waals surface area contributed by atoms with Gasteiger partial charge in [-0.25, -0.2) is 18.9 Å². The van der Waals surface area contributed by atoms with Gasteiger partial charge in [-0.05, 0) is 37.1 Å². The van der Waals surface area contributed by atoms with Crippen LogP contribution in [-0.2, 0) is 17.8 Å². The molecule has 0 aliphatic carbocycles. The molecule has 0 unspecified atom stereocenters. The Hall–Kier alpha value is -3.59. The lowest BCUT2D eigenvalue weighted by Gasteiger charge is -2.10. The molecule has 4 rings (SSSR count). The molecule has 2 heterocycles. The van der Waals surface area contributed by atoms with Crippen LogP contribution in [0.1, 0.15) is 19.4 Å². The maximum absolute atomic E-state index is 12.8. The summed E-state index contributed by atoms with van der Waals surface area (Å²) in [5.74, 6) is 0.198. The highest BCUT2D eigenvalue weighted by Gasteiger charge is 2.16. The van der Waals surface area contributed by atoms with Gasteiger partial charge in [-0.15, -0.1) is 5.10 Å². The summed E-state index contributed by atoms with van der Waals surface area (Å²) in [6, 6.07) is 15.2. The van der Waals surface area contributed by atoms with Gasteiger partial charge in [-0.3, -0.25) is 4.79 Å². The topological polar surface area (TPSA) is 90.5 Å². The lowest BCUT2D eigenvalue weighted by atomic mass is 10.2. The molecule has 9 heteroatoms. The van der Waals surface area contributed by atoms with Crippen LogP contribution < -0.4 is 15.7 Å². The highest BCUT2D eigenvalue weighted by atomic mass is 32.2. The molecule has 0 radical (unpaired) electrons. The molecule has 8 nitrogen and oxygen atoms in total. The fourth-order valence-electron chi connectivity index (χ4n) is 3.28.